The monoisotopic (exact) mass is 393 g/mol. The van der Waals surface area contributed by atoms with Gasteiger partial charge in [0.1, 0.15) is 17.8 Å². The van der Waals surface area contributed by atoms with Gasteiger partial charge in [-0.2, -0.15) is 19.7 Å². The molecule has 148 valence electrons. The summed E-state index contributed by atoms with van der Waals surface area (Å²) in [6.07, 6.45) is 3.13. The number of halogens is 1. The first-order valence-electron chi connectivity index (χ1n) is 9.21. The molecule has 0 saturated heterocycles. The molecule has 0 unspecified atom stereocenters. The zero-order valence-electron chi connectivity index (χ0n) is 16.4. The minimum absolute atomic E-state index is 0.227. The number of fused-ring (bicyclic) bond motifs is 1. The van der Waals surface area contributed by atoms with E-state index >= 15 is 0 Å². The summed E-state index contributed by atoms with van der Waals surface area (Å²) in [6, 6.07) is 7.59. The molecule has 0 N–H and O–H groups in total. The van der Waals surface area contributed by atoms with Crippen molar-refractivity contribution in [2.75, 3.05) is 7.05 Å². The van der Waals surface area contributed by atoms with Gasteiger partial charge in [-0.25, -0.2) is 9.37 Å². The fourth-order valence-corrected chi connectivity index (χ4v) is 3.22. The van der Waals surface area contributed by atoms with Crippen LogP contribution < -0.4 is 0 Å². The highest BCUT2D eigenvalue weighted by Gasteiger charge is 2.20. The molecule has 29 heavy (non-hydrogen) atoms. The maximum Gasteiger partial charge on any atom is 0.272 e. The number of carbonyl (C=O) groups excluding carboxylic acids is 1. The van der Waals surface area contributed by atoms with E-state index in [9.17, 15) is 9.18 Å². The molecule has 0 spiro atoms. The molecule has 1 amide bonds. The Kier molecular flexibility index (Phi) is 4.79. The molecule has 0 aliphatic heterocycles. The third kappa shape index (κ3) is 3.46. The zero-order valence-corrected chi connectivity index (χ0v) is 16.4. The van der Waals surface area contributed by atoms with Crippen molar-refractivity contribution in [3.8, 4) is 11.3 Å². The molecule has 8 nitrogen and oxygen atoms in total. The van der Waals surface area contributed by atoms with Crippen LogP contribution in [0.3, 0.4) is 0 Å². The third-order valence-electron chi connectivity index (χ3n) is 4.87. The Morgan fingerprint density at radius 2 is 1.97 bits per heavy atom. The normalized spacial score (nSPS) is 11.2. The summed E-state index contributed by atoms with van der Waals surface area (Å²) in [5.74, 6) is -0.259. The van der Waals surface area contributed by atoms with E-state index in [0.717, 1.165) is 17.8 Å². The van der Waals surface area contributed by atoms with Gasteiger partial charge in [-0.1, -0.05) is 0 Å². The van der Waals surface area contributed by atoms with Crippen molar-refractivity contribution in [1.29, 1.82) is 0 Å². The van der Waals surface area contributed by atoms with E-state index in [1.807, 2.05) is 18.5 Å². The molecular weight excluding hydrogens is 373 g/mol. The van der Waals surface area contributed by atoms with Crippen molar-refractivity contribution < 1.29 is 9.18 Å². The molecule has 4 aromatic rings. The second-order valence-corrected chi connectivity index (χ2v) is 6.74. The van der Waals surface area contributed by atoms with Crippen LogP contribution in [0.25, 0.3) is 17.0 Å². The van der Waals surface area contributed by atoms with E-state index in [0.29, 0.717) is 29.3 Å². The predicted octanol–water partition coefficient (Wildman–Crippen LogP) is 2.73. The average Bonchev–Trinajstić information content (AvgIpc) is 3.34. The molecule has 0 saturated carbocycles. The van der Waals surface area contributed by atoms with E-state index in [1.54, 1.807) is 36.3 Å². The molecule has 9 heteroatoms. The van der Waals surface area contributed by atoms with Crippen molar-refractivity contribution in [3.63, 3.8) is 0 Å². The lowest BCUT2D eigenvalue weighted by Crippen LogP contribution is -2.28. The van der Waals surface area contributed by atoms with Crippen molar-refractivity contribution in [3.05, 3.63) is 65.6 Å². The van der Waals surface area contributed by atoms with Crippen LogP contribution in [0.4, 0.5) is 4.39 Å². The highest BCUT2D eigenvalue weighted by atomic mass is 19.1. The Balaban J connectivity index is 1.70. The number of carbonyl (C=O) groups is 1. The Bertz CT molecular complexity index is 1180. The molecule has 3 heterocycles. The lowest BCUT2D eigenvalue weighted by atomic mass is 10.1. The minimum Gasteiger partial charge on any atom is -0.336 e. The fraction of sp³-hybridized carbons (Fsp3) is 0.250. The standard InChI is InChI=1S/C20H20FN7O/c1-4-27-13(2)15(10-23-27)11-26(3)19(29)18-9-17(14-5-7-16(21)8-6-14)25-20-22-12-24-28(18)20/h5-10,12H,4,11H2,1-3H3. The molecule has 0 fully saturated rings. The lowest BCUT2D eigenvalue weighted by molar-refractivity contribution is 0.0776. The van der Waals surface area contributed by atoms with Gasteiger partial charge in [0.15, 0.2) is 0 Å². The summed E-state index contributed by atoms with van der Waals surface area (Å²) in [5, 5.41) is 8.46. The first-order chi connectivity index (χ1) is 14.0. The van der Waals surface area contributed by atoms with Gasteiger partial charge in [-0.05, 0) is 44.2 Å². The van der Waals surface area contributed by atoms with Gasteiger partial charge in [0, 0.05) is 37.0 Å². The summed E-state index contributed by atoms with van der Waals surface area (Å²) in [6.45, 7) is 5.19. The van der Waals surface area contributed by atoms with Crippen molar-refractivity contribution in [1.82, 2.24) is 34.3 Å². The molecule has 1 aromatic carbocycles. The van der Waals surface area contributed by atoms with Crippen LogP contribution in [0.5, 0.6) is 0 Å². The fourth-order valence-electron chi connectivity index (χ4n) is 3.22. The molecule has 0 bridgehead atoms. The first-order valence-corrected chi connectivity index (χ1v) is 9.21. The first kappa shape index (κ1) is 18.7. The summed E-state index contributed by atoms with van der Waals surface area (Å²) in [7, 11) is 1.73. The maximum atomic E-state index is 13.3. The summed E-state index contributed by atoms with van der Waals surface area (Å²) < 4.78 is 16.6. The Hall–Kier alpha value is -3.62. The maximum absolute atomic E-state index is 13.3. The summed E-state index contributed by atoms with van der Waals surface area (Å²) >= 11 is 0. The molecule has 0 aliphatic rings. The Morgan fingerprint density at radius 1 is 1.21 bits per heavy atom. The zero-order chi connectivity index (χ0) is 20.5. The quantitative estimate of drug-likeness (QED) is 0.521. The van der Waals surface area contributed by atoms with Crippen molar-refractivity contribution in [2.45, 2.75) is 26.9 Å². The largest absolute Gasteiger partial charge is 0.336 e. The van der Waals surface area contributed by atoms with Crippen LogP contribution in [0, 0.1) is 12.7 Å². The molecule has 0 atom stereocenters. The molecule has 3 aromatic heterocycles. The van der Waals surface area contributed by atoms with Gasteiger partial charge in [0.25, 0.3) is 11.7 Å². The number of aromatic nitrogens is 6. The van der Waals surface area contributed by atoms with E-state index in [1.165, 1.54) is 23.0 Å². The van der Waals surface area contributed by atoms with Gasteiger partial charge in [0.2, 0.25) is 0 Å². The molecule has 4 rings (SSSR count). The highest BCUT2D eigenvalue weighted by Crippen LogP contribution is 2.21. The van der Waals surface area contributed by atoms with Crippen LogP contribution in [0.1, 0.15) is 28.7 Å². The second kappa shape index (κ2) is 7.42. The molecular formula is C20H20FN7O. The topological polar surface area (TPSA) is 81.2 Å². The highest BCUT2D eigenvalue weighted by molar-refractivity contribution is 5.93. The number of amides is 1. The van der Waals surface area contributed by atoms with Crippen LogP contribution in [0.2, 0.25) is 0 Å². The second-order valence-electron chi connectivity index (χ2n) is 6.74. The van der Waals surface area contributed by atoms with Gasteiger partial charge in [-0.3, -0.25) is 9.48 Å². The average molecular weight is 393 g/mol. The molecule has 0 radical (unpaired) electrons. The molecule has 0 aliphatic carbocycles. The number of aryl methyl sites for hydroxylation is 1. The van der Waals surface area contributed by atoms with Gasteiger partial charge in [-0.15, -0.1) is 0 Å². The van der Waals surface area contributed by atoms with Gasteiger partial charge >= 0.3 is 0 Å². The van der Waals surface area contributed by atoms with Crippen LogP contribution in [-0.4, -0.2) is 47.2 Å². The number of nitrogens with zero attached hydrogens (tertiary/aromatic N) is 7. The summed E-state index contributed by atoms with van der Waals surface area (Å²) in [4.78, 5) is 23.4. The van der Waals surface area contributed by atoms with Crippen LogP contribution >= 0.6 is 0 Å². The van der Waals surface area contributed by atoms with E-state index < -0.39 is 0 Å². The van der Waals surface area contributed by atoms with E-state index in [2.05, 4.69) is 20.2 Å². The van der Waals surface area contributed by atoms with Crippen molar-refractivity contribution >= 4 is 11.7 Å². The lowest BCUT2D eigenvalue weighted by Gasteiger charge is -2.18. The van der Waals surface area contributed by atoms with Crippen molar-refractivity contribution in [2.24, 2.45) is 0 Å². The summed E-state index contributed by atoms with van der Waals surface area (Å²) in [5.41, 5.74) is 3.55. The van der Waals surface area contributed by atoms with Gasteiger partial charge in [0.05, 0.1) is 11.9 Å². The number of benzene rings is 1. The van der Waals surface area contributed by atoms with Crippen LogP contribution in [-0.2, 0) is 13.1 Å². The Labute approximate surface area is 166 Å². The van der Waals surface area contributed by atoms with Crippen LogP contribution in [0.15, 0.2) is 42.9 Å². The Morgan fingerprint density at radius 3 is 2.66 bits per heavy atom. The number of rotatable bonds is 5. The van der Waals surface area contributed by atoms with E-state index in [-0.39, 0.29) is 11.7 Å². The number of hydrogen-bond donors (Lipinski definition) is 0. The number of hydrogen-bond acceptors (Lipinski definition) is 5. The third-order valence-corrected chi connectivity index (χ3v) is 4.87. The predicted molar refractivity (Wildman–Crippen MR) is 105 cm³/mol. The van der Waals surface area contributed by atoms with Gasteiger partial charge < -0.3 is 4.90 Å². The van der Waals surface area contributed by atoms with E-state index in [4.69, 9.17) is 0 Å². The SMILES string of the molecule is CCn1ncc(CN(C)C(=O)c2cc(-c3ccc(F)cc3)nc3ncnn23)c1C. The smallest absolute Gasteiger partial charge is 0.272 e. The minimum atomic E-state index is -0.337.